The summed E-state index contributed by atoms with van der Waals surface area (Å²) in [6.45, 7) is 0.987. The van der Waals surface area contributed by atoms with Crippen LogP contribution in [0.3, 0.4) is 0 Å². The molecular formula is C9H8BrNO4. The van der Waals surface area contributed by atoms with E-state index >= 15 is 0 Å². The van der Waals surface area contributed by atoms with Crippen LogP contribution in [-0.4, -0.2) is 24.2 Å². The molecule has 0 spiro atoms. The molecule has 15 heavy (non-hydrogen) atoms. The molecule has 1 aliphatic rings. The summed E-state index contributed by atoms with van der Waals surface area (Å²) in [7, 11) is 0. The second kappa shape index (κ2) is 4.16. The third kappa shape index (κ3) is 2.27. The van der Waals surface area contributed by atoms with Crippen LogP contribution >= 0.6 is 15.9 Å². The van der Waals surface area contributed by atoms with Crippen molar-refractivity contribution in [2.24, 2.45) is 0 Å². The molecule has 0 aromatic heterocycles. The molecule has 0 unspecified atom stereocenters. The third-order valence-electron chi connectivity index (χ3n) is 2.02. The van der Waals surface area contributed by atoms with Crippen LogP contribution in [0.2, 0.25) is 0 Å². The smallest absolute Gasteiger partial charge is 0.312 e. The second-order valence-electron chi connectivity index (χ2n) is 3.15. The van der Waals surface area contributed by atoms with E-state index in [4.69, 9.17) is 9.47 Å². The molecule has 2 rings (SSSR count). The Balaban J connectivity index is 2.23. The van der Waals surface area contributed by atoms with Gasteiger partial charge in [-0.1, -0.05) is 15.9 Å². The van der Waals surface area contributed by atoms with Gasteiger partial charge < -0.3 is 9.47 Å². The number of hydrogen-bond donors (Lipinski definition) is 0. The molecule has 1 aliphatic heterocycles. The summed E-state index contributed by atoms with van der Waals surface area (Å²) < 4.78 is 11.0. The summed E-state index contributed by atoms with van der Waals surface area (Å²) in [5, 5.41) is 10.7. The van der Waals surface area contributed by atoms with Crippen LogP contribution in [0, 0.1) is 10.1 Å². The highest BCUT2D eigenvalue weighted by Gasteiger charge is 2.24. The normalized spacial score (nSPS) is 15.8. The van der Waals surface area contributed by atoms with Crippen molar-refractivity contribution in [2.45, 2.75) is 6.10 Å². The Morgan fingerprint density at radius 2 is 2.27 bits per heavy atom. The van der Waals surface area contributed by atoms with Crippen molar-refractivity contribution in [2.75, 3.05) is 13.2 Å². The quantitative estimate of drug-likeness (QED) is 0.625. The van der Waals surface area contributed by atoms with Crippen LogP contribution in [0.5, 0.6) is 5.75 Å². The zero-order valence-corrected chi connectivity index (χ0v) is 9.27. The zero-order valence-electron chi connectivity index (χ0n) is 7.68. The second-order valence-corrected chi connectivity index (χ2v) is 4.06. The van der Waals surface area contributed by atoms with Gasteiger partial charge in [-0.25, -0.2) is 0 Å². The van der Waals surface area contributed by atoms with Gasteiger partial charge in [-0.05, 0) is 12.1 Å². The van der Waals surface area contributed by atoms with Gasteiger partial charge in [0.05, 0.1) is 18.1 Å². The van der Waals surface area contributed by atoms with E-state index in [2.05, 4.69) is 15.9 Å². The molecule has 0 amide bonds. The summed E-state index contributed by atoms with van der Waals surface area (Å²) in [6.07, 6.45) is -0.0649. The van der Waals surface area contributed by atoms with Gasteiger partial charge in [-0.15, -0.1) is 0 Å². The molecule has 0 radical (unpaired) electrons. The first-order valence-corrected chi connectivity index (χ1v) is 5.14. The summed E-state index contributed by atoms with van der Waals surface area (Å²) in [5.74, 6) is 0.288. The number of ether oxygens (including phenoxy) is 2. The van der Waals surface area contributed by atoms with Gasteiger partial charge >= 0.3 is 5.69 Å². The van der Waals surface area contributed by atoms with E-state index < -0.39 is 4.92 Å². The molecular weight excluding hydrogens is 266 g/mol. The molecule has 80 valence electrons. The Morgan fingerprint density at radius 3 is 2.80 bits per heavy atom. The summed E-state index contributed by atoms with van der Waals surface area (Å²) in [5.41, 5.74) is -0.0312. The van der Waals surface area contributed by atoms with Gasteiger partial charge in [0.15, 0.2) is 5.75 Å². The van der Waals surface area contributed by atoms with E-state index in [1.807, 2.05) is 0 Å². The average Bonchev–Trinajstić information content (AvgIpc) is 2.12. The molecule has 6 heteroatoms. The fourth-order valence-corrected chi connectivity index (χ4v) is 1.54. The number of rotatable bonds is 3. The van der Waals surface area contributed by atoms with Crippen LogP contribution in [0.15, 0.2) is 22.7 Å². The Labute approximate surface area is 94.3 Å². The molecule has 0 aliphatic carbocycles. The minimum atomic E-state index is -0.459. The molecule has 1 fully saturated rings. The maximum Gasteiger partial charge on any atom is 0.312 e. The first-order chi connectivity index (χ1) is 7.16. The highest BCUT2D eigenvalue weighted by atomic mass is 79.9. The monoisotopic (exact) mass is 273 g/mol. The number of hydrogen-bond acceptors (Lipinski definition) is 4. The highest BCUT2D eigenvalue weighted by Crippen LogP contribution is 2.31. The molecule has 1 heterocycles. The number of nitro groups is 1. The van der Waals surface area contributed by atoms with Gasteiger partial charge in [-0.3, -0.25) is 10.1 Å². The summed E-state index contributed by atoms with van der Waals surface area (Å²) in [6, 6.07) is 4.72. The van der Waals surface area contributed by atoms with Gasteiger partial charge in [0.2, 0.25) is 0 Å². The molecule has 1 saturated heterocycles. The zero-order chi connectivity index (χ0) is 10.8. The predicted molar refractivity (Wildman–Crippen MR) is 56.0 cm³/mol. The Morgan fingerprint density at radius 1 is 1.53 bits per heavy atom. The van der Waals surface area contributed by atoms with Crippen molar-refractivity contribution in [1.82, 2.24) is 0 Å². The molecule has 0 saturated carbocycles. The average molecular weight is 274 g/mol. The number of nitrogens with zero attached hydrogens (tertiary/aromatic N) is 1. The molecule has 0 N–H and O–H groups in total. The van der Waals surface area contributed by atoms with Crippen molar-refractivity contribution < 1.29 is 14.4 Å². The van der Waals surface area contributed by atoms with Crippen molar-refractivity contribution in [3.63, 3.8) is 0 Å². The Kier molecular flexibility index (Phi) is 2.88. The van der Waals surface area contributed by atoms with Crippen LogP contribution in [0.1, 0.15) is 0 Å². The topological polar surface area (TPSA) is 61.6 Å². The lowest BCUT2D eigenvalue weighted by molar-refractivity contribution is -0.386. The van der Waals surface area contributed by atoms with Gasteiger partial charge in [-0.2, -0.15) is 0 Å². The van der Waals surface area contributed by atoms with Crippen LogP contribution < -0.4 is 4.74 Å². The first-order valence-electron chi connectivity index (χ1n) is 4.35. The minimum Gasteiger partial charge on any atom is -0.479 e. The SMILES string of the molecule is O=[N+]([O-])c1cc(Br)ccc1OC1COC1. The number of nitro benzene ring substituents is 1. The summed E-state index contributed by atoms with van der Waals surface area (Å²) in [4.78, 5) is 10.3. The van der Waals surface area contributed by atoms with Gasteiger partial charge in [0.25, 0.3) is 0 Å². The number of halogens is 1. The fourth-order valence-electron chi connectivity index (χ4n) is 1.19. The lowest BCUT2D eigenvalue weighted by Crippen LogP contribution is -2.38. The van der Waals surface area contributed by atoms with E-state index in [9.17, 15) is 10.1 Å². The summed E-state index contributed by atoms with van der Waals surface area (Å²) >= 11 is 3.18. The van der Waals surface area contributed by atoms with Crippen molar-refractivity contribution in [3.8, 4) is 5.75 Å². The van der Waals surface area contributed by atoms with Crippen molar-refractivity contribution >= 4 is 21.6 Å². The van der Waals surface area contributed by atoms with Gasteiger partial charge in [0.1, 0.15) is 6.10 Å². The Bertz CT molecular complexity index is 392. The molecule has 1 aromatic carbocycles. The predicted octanol–water partition coefficient (Wildman–Crippen LogP) is 2.13. The minimum absolute atomic E-state index is 0.0312. The molecule has 0 atom stereocenters. The van der Waals surface area contributed by atoms with Crippen molar-refractivity contribution in [3.05, 3.63) is 32.8 Å². The largest absolute Gasteiger partial charge is 0.479 e. The van der Waals surface area contributed by atoms with E-state index in [0.717, 1.165) is 0 Å². The third-order valence-corrected chi connectivity index (χ3v) is 2.51. The van der Waals surface area contributed by atoms with E-state index in [1.54, 1.807) is 12.1 Å². The fraction of sp³-hybridized carbons (Fsp3) is 0.333. The molecule has 1 aromatic rings. The lowest BCUT2D eigenvalue weighted by atomic mass is 10.2. The highest BCUT2D eigenvalue weighted by molar-refractivity contribution is 9.10. The Hall–Kier alpha value is -1.14. The van der Waals surface area contributed by atoms with Crippen LogP contribution in [0.4, 0.5) is 5.69 Å². The van der Waals surface area contributed by atoms with Gasteiger partial charge in [0, 0.05) is 10.5 Å². The van der Waals surface area contributed by atoms with Crippen molar-refractivity contribution in [1.29, 1.82) is 0 Å². The van der Waals surface area contributed by atoms with Crippen LogP contribution in [-0.2, 0) is 4.74 Å². The van der Waals surface area contributed by atoms with Crippen LogP contribution in [0.25, 0.3) is 0 Å². The molecule has 0 bridgehead atoms. The van der Waals surface area contributed by atoms with E-state index in [1.165, 1.54) is 6.07 Å². The first kappa shape index (κ1) is 10.4. The van der Waals surface area contributed by atoms with E-state index in [0.29, 0.717) is 17.7 Å². The molecule has 5 nitrogen and oxygen atoms in total. The lowest BCUT2D eigenvalue weighted by Gasteiger charge is -2.26. The standard InChI is InChI=1S/C9H8BrNO4/c10-6-1-2-9(8(3-6)11(12)13)15-7-4-14-5-7/h1-3,7H,4-5H2. The van der Waals surface area contributed by atoms with E-state index in [-0.39, 0.29) is 17.5 Å². The maximum atomic E-state index is 10.7. The maximum absolute atomic E-state index is 10.7. The number of benzene rings is 1.